The molecule has 1 atom stereocenters. The number of ether oxygens (including phenoxy) is 1. The van der Waals surface area contributed by atoms with E-state index in [1.165, 1.54) is 17.0 Å². The Hall–Kier alpha value is -2.13. The Morgan fingerprint density at radius 1 is 1.61 bits per heavy atom. The maximum Gasteiger partial charge on any atom is 0.407 e. The Morgan fingerprint density at radius 2 is 2.39 bits per heavy atom. The number of rotatable bonds is 1. The lowest BCUT2D eigenvalue weighted by Gasteiger charge is -2.31. The minimum atomic E-state index is -1.02. The van der Waals surface area contributed by atoms with Crippen LogP contribution < -0.4 is 0 Å². The lowest BCUT2D eigenvalue weighted by molar-refractivity contribution is -0.0233. The summed E-state index contributed by atoms with van der Waals surface area (Å²) < 4.78 is 18.9. The fourth-order valence-electron chi connectivity index (χ4n) is 1.85. The van der Waals surface area contributed by atoms with Crippen LogP contribution in [0.25, 0.3) is 0 Å². The highest BCUT2D eigenvalue weighted by Gasteiger charge is 2.25. The van der Waals surface area contributed by atoms with E-state index < -0.39 is 18.0 Å². The van der Waals surface area contributed by atoms with Crippen molar-refractivity contribution < 1.29 is 19.0 Å². The van der Waals surface area contributed by atoms with Gasteiger partial charge < -0.3 is 14.7 Å². The minimum absolute atomic E-state index is 0.0374. The summed E-state index contributed by atoms with van der Waals surface area (Å²) in [5.41, 5.74) is 0.502. The molecule has 1 fully saturated rings. The van der Waals surface area contributed by atoms with E-state index in [0.717, 1.165) is 0 Å². The molecule has 1 aromatic carbocycles. The topological polar surface area (TPSA) is 73.6 Å². The number of hydrogen-bond acceptors (Lipinski definition) is 3. The van der Waals surface area contributed by atoms with Crippen LogP contribution in [-0.4, -0.2) is 35.8 Å². The van der Waals surface area contributed by atoms with Gasteiger partial charge in [-0.15, -0.1) is 0 Å². The van der Waals surface area contributed by atoms with Crippen molar-refractivity contribution in [1.82, 2.24) is 4.90 Å². The molecule has 1 heterocycles. The fraction of sp³-hybridized carbons (Fsp3) is 0.333. The van der Waals surface area contributed by atoms with Gasteiger partial charge in [0.1, 0.15) is 18.0 Å². The standard InChI is InChI=1S/C12H11FN2O3/c13-10-5-8(1-2-9(10)6-14)11-7-15(12(16)17)3-4-18-11/h1-2,5,11H,3-4,7H2,(H,16,17). The SMILES string of the molecule is N#Cc1ccc(C2CN(C(=O)O)CCO2)cc1F. The molecule has 5 nitrogen and oxygen atoms in total. The third kappa shape index (κ3) is 2.41. The molecule has 2 rings (SSSR count). The van der Waals surface area contributed by atoms with E-state index in [0.29, 0.717) is 12.1 Å². The number of hydrogen-bond donors (Lipinski definition) is 1. The second kappa shape index (κ2) is 5.02. The van der Waals surface area contributed by atoms with Gasteiger partial charge in [0.05, 0.1) is 18.7 Å². The van der Waals surface area contributed by atoms with E-state index in [1.54, 1.807) is 12.1 Å². The van der Waals surface area contributed by atoms with Gasteiger partial charge in [0, 0.05) is 6.54 Å². The molecule has 6 heteroatoms. The minimum Gasteiger partial charge on any atom is -0.465 e. The molecule has 0 aromatic heterocycles. The summed E-state index contributed by atoms with van der Waals surface area (Å²) in [4.78, 5) is 12.1. The van der Waals surface area contributed by atoms with E-state index in [-0.39, 0.29) is 18.7 Å². The van der Waals surface area contributed by atoms with Crippen LogP contribution >= 0.6 is 0 Å². The Morgan fingerprint density at radius 3 is 3.00 bits per heavy atom. The highest BCUT2D eigenvalue weighted by molar-refractivity contribution is 5.65. The van der Waals surface area contributed by atoms with Crippen LogP contribution in [0.15, 0.2) is 18.2 Å². The number of morpholine rings is 1. The molecule has 1 aromatic rings. The fourth-order valence-corrected chi connectivity index (χ4v) is 1.85. The van der Waals surface area contributed by atoms with Crippen LogP contribution in [0, 0.1) is 17.1 Å². The monoisotopic (exact) mass is 250 g/mol. The lowest BCUT2D eigenvalue weighted by Crippen LogP contribution is -2.41. The Kier molecular flexibility index (Phi) is 3.44. The number of benzene rings is 1. The second-order valence-electron chi connectivity index (χ2n) is 3.94. The molecule has 0 spiro atoms. The number of halogens is 1. The predicted octanol–water partition coefficient (Wildman–Crippen LogP) is 1.75. The van der Waals surface area contributed by atoms with Crippen LogP contribution in [0.4, 0.5) is 9.18 Å². The van der Waals surface area contributed by atoms with Crippen LogP contribution in [-0.2, 0) is 4.74 Å². The van der Waals surface area contributed by atoms with Crippen molar-refractivity contribution in [3.63, 3.8) is 0 Å². The molecule has 1 aliphatic rings. The highest BCUT2D eigenvalue weighted by Crippen LogP contribution is 2.23. The molecule has 0 saturated carbocycles. The summed E-state index contributed by atoms with van der Waals surface area (Å²) in [7, 11) is 0. The van der Waals surface area contributed by atoms with Crippen molar-refractivity contribution in [1.29, 1.82) is 5.26 Å². The molecule has 1 aliphatic heterocycles. The van der Waals surface area contributed by atoms with Gasteiger partial charge in [-0.25, -0.2) is 9.18 Å². The van der Waals surface area contributed by atoms with E-state index >= 15 is 0 Å². The van der Waals surface area contributed by atoms with E-state index in [2.05, 4.69) is 0 Å². The molecule has 94 valence electrons. The maximum absolute atomic E-state index is 13.5. The molecule has 1 amide bonds. The first kappa shape index (κ1) is 12.3. The van der Waals surface area contributed by atoms with Crippen molar-refractivity contribution in [3.05, 3.63) is 35.1 Å². The maximum atomic E-state index is 13.5. The zero-order chi connectivity index (χ0) is 13.1. The first-order valence-electron chi connectivity index (χ1n) is 5.41. The normalized spacial score (nSPS) is 19.3. The Bertz CT molecular complexity index is 513. The first-order chi connectivity index (χ1) is 8.61. The average Bonchev–Trinajstić information content (AvgIpc) is 2.38. The zero-order valence-corrected chi connectivity index (χ0v) is 9.47. The average molecular weight is 250 g/mol. The summed E-state index contributed by atoms with van der Waals surface area (Å²) >= 11 is 0. The largest absolute Gasteiger partial charge is 0.465 e. The number of carboxylic acid groups (broad SMARTS) is 1. The molecule has 1 saturated heterocycles. The van der Waals surface area contributed by atoms with Gasteiger partial charge in [0.25, 0.3) is 0 Å². The summed E-state index contributed by atoms with van der Waals surface area (Å²) in [6.07, 6.45) is -1.51. The Balaban J connectivity index is 2.19. The van der Waals surface area contributed by atoms with Crippen LogP contribution in [0.3, 0.4) is 0 Å². The number of nitriles is 1. The van der Waals surface area contributed by atoms with E-state index in [4.69, 9.17) is 15.1 Å². The van der Waals surface area contributed by atoms with Crippen molar-refractivity contribution in [2.75, 3.05) is 19.7 Å². The van der Waals surface area contributed by atoms with Crippen molar-refractivity contribution >= 4 is 6.09 Å². The van der Waals surface area contributed by atoms with Gasteiger partial charge in [0.15, 0.2) is 0 Å². The van der Waals surface area contributed by atoms with Crippen LogP contribution in [0.5, 0.6) is 0 Å². The highest BCUT2D eigenvalue weighted by atomic mass is 19.1. The summed E-state index contributed by atoms with van der Waals surface area (Å²) in [6.45, 7) is 0.754. The molecule has 1 N–H and O–H groups in total. The second-order valence-corrected chi connectivity index (χ2v) is 3.94. The van der Waals surface area contributed by atoms with E-state index in [1.807, 2.05) is 0 Å². The Labute approximate surface area is 103 Å². The molecule has 18 heavy (non-hydrogen) atoms. The van der Waals surface area contributed by atoms with Gasteiger partial charge >= 0.3 is 6.09 Å². The predicted molar refractivity (Wildman–Crippen MR) is 59.4 cm³/mol. The van der Waals surface area contributed by atoms with Crippen molar-refractivity contribution in [3.8, 4) is 6.07 Å². The summed E-state index contributed by atoms with van der Waals surface area (Å²) in [6, 6.07) is 5.90. The molecule has 1 unspecified atom stereocenters. The number of amides is 1. The number of carbonyl (C=O) groups is 1. The van der Waals surface area contributed by atoms with Gasteiger partial charge in [0.2, 0.25) is 0 Å². The molecular formula is C12H11FN2O3. The number of nitrogens with zero attached hydrogens (tertiary/aromatic N) is 2. The third-order valence-electron chi connectivity index (χ3n) is 2.82. The summed E-state index contributed by atoms with van der Waals surface area (Å²) in [5, 5.41) is 17.5. The lowest BCUT2D eigenvalue weighted by atomic mass is 10.1. The molecule has 0 radical (unpaired) electrons. The van der Waals surface area contributed by atoms with Crippen LogP contribution in [0.2, 0.25) is 0 Å². The van der Waals surface area contributed by atoms with Crippen molar-refractivity contribution in [2.45, 2.75) is 6.10 Å². The van der Waals surface area contributed by atoms with Gasteiger partial charge in [-0.1, -0.05) is 6.07 Å². The smallest absolute Gasteiger partial charge is 0.407 e. The first-order valence-corrected chi connectivity index (χ1v) is 5.41. The van der Waals surface area contributed by atoms with Crippen LogP contribution in [0.1, 0.15) is 17.2 Å². The molecule has 0 bridgehead atoms. The van der Waals surface area contributed by atoms with Gasteiger partial charge in [-0.2, -0.15) is 5.26 Å². The molecular weight excluding hydrogens is 239 g/mol. The zero-order valence-electron chi connectivity index (χ0n) is 9.47. The van der Waals surface area contributed by atoms with Gasteiger partial charge in [-0.3, -0.25) is 0 Å². The third-order valence-corrected chi connectivity index (χ3v) is 2.82. The van der Waals surface area contributed by atoms with Gasteiger partial charge in [-0.05, 0) is 17.7 Å². The quantitative estimate of drug-likeness (QED) is 0.824. The summed E-state index contributed by atoms with van der Waals surface area (Å²) in [5.74, 6) is -0.619. The van der Waals surface area contributed by atoms with E-state index in [9.17, 15) is 9.18 Å². The molecule has 0 aliphatic carbocycles. The van der Waals surface area contributed by atoms with Crippen molar-refractivity contribution in [2.24, 2.45) is 0 Å².